The van der Waals surface area contributed by atoms with Gasteiger partial charge >= 0.3 is 0 Å². The van der Waals surface area contributed by atoms with Crippen LogP contribution in [0.2, 0.25) is 0 Å². The van der Waals surface area contributed by atoms with Gasteiger partial charge in [-0.2, -0.15) is 0 Å². The van der Waals surface area contributed by atoms with Crippen LogP contribution in [-0.2, 0) is 13.0 Å². The topological polar surface area (TPSA) is 25.2 Å². The summed E-state index contributed by atoms with van der Waals surface area (Å²) in [5.74, 6) is 0. The fourth-order valence-electron chi connectivity index (χ4n) is 3.47. The van der Waals surface area contributed by atoms with Crippen LogP contribution in [0.15, 0.2) is 17.7 Å². The summed E-state index contributed by atoms with van der Waals surface area (Å²) >= 11 is 0. The molecule has 0 saturated heterocycles. The average molecular weight is 245 g/mol. The number of rotatable bonds is 3. The number of aliphatic hydroxyl groups excluding tert-OH is 1. The molecule has 1 N–H and O–H groups in total. The molecular weight excluding hydrogens is 222 g/mol. The zero-order chi connectivity index (χ0) is 12.5. The number of aromatic nitrogens is 1. The number of hydrogen-bond donors (Lipinski definition) is 1. The number of allylic oxidation sites excluding steroid dienone is 2. The van der Waals surface area contributed by atoms with Crippen LogP contribution in [0.25, 0.3) is 0 Å². The molecule has 0 radical (unpaired) electrons. The van der Waals surface area contributed by atoms with Crippen molar-refractivity contribution < 1.29 is 5.11 Å². The van der Waals surface area contributed by atoms with Crippen molar-refractivity contribution in [3.63, 3.8) is 0 Å². The molecule has 0 spiro atoms. The molecule has 1 aromatic heterocycles. The molecule has 0 amide bonds. The van der Waals surface area contributed by atoms with Crippen LogP contribution in [0.1, 0.15) is 61.6 Å². The Morgan fingerprint density at radius 2 is 2.22 bits per heavy atom. The number of hydrogen-bond acceptors (Lipinski definition) is 1. The SMILES string of the molecule is Cc1cc2c(n1CCC1=CCCC1)CCCC2O. The van der Waals surface area contributed by atoms with Gasteiger partial charge in [0.15, 0.2) is 0 Å². The summed E-state index contributed by atoms with van der Waals surface area (Å²) < 4.78 is 2.44. The minimum Gasteiger partial charge on any atom is -0.388 e. The Hall–Kier alpha value is -1.02. The smallest absolute Gasteiger partial charge is 0.0807 e. The first-order valence-electron chi connectivity index (χ1n) is 7.30. The Labute approximate surface area is 109 Å². The van der Waals surface area contributed by atoms with Gasteiger partial charge in [-0.1, -0.05) is 11.6 Å². The third-order valence-corrected chi connectivity index (χ3v) is 4.49. The lowest BCUT2D eigenvalue weighted by atomic mass is 9.95. The van der Waals surface area contributed by atoms with Crippen LogP contribution < -0.4 is 0 Å². The van der Waals surface area contributed by atoms with Crippen molar-refractivity contribution >= 4 is 0 Å². The summed E-state index contributed by atoms with van der Waals surface area (Å²) in [6.45, 7) is 3.27. The minimum absolute atomic E-state index is 0.223. The van der Waals surface area contributed by atoms with Gasteiger partial charge in [0.1, 0.15) is 0 Å². The molecule has 0 aliphatic heterocycles. The van der Waals surface area contributed by atoms with Crippen LogP contribution in [0.3, 0.4) is 0 Å². The fraction of sp³-hybridized carbons (Fsp3) is 0.625. The molecule has 1 atom stereocenters. The Bertz CT molecular complexity index is 470. The second kappa shape index (κ2) is 4.93. The highest BCUT2D eigenvalue weighted by Gasteiger charge is 2.22. The summed E-state index contributed by atoms with van der Waals surface area (Å²) in [7, 11) is 0. The highest BCUT2D eigenvalue weighted by molar-refractivity contribution is 5.32. The van der Waals surface area contributed by atoms with Crippen molar-refractivity contribution in [2.45, 2.75) is 64.5 Å². The van der Waals surface area contributed by atoms with Gasteiger partial charge in [0.25, 0.3) is 0 Å². The van der Waals surface area contributed by atoms with E-state index in [1.807, 2.05) is 0 Å². The van der Waals surface area contributed by atoms with Gasteiger partial charge in [0.05, 0.1) is 6.10 Å². The quantitative estimate of drug-likeness (QED) is 0.808. The van der Waals surface area contributed by atoms with E-state index in [1.54, 1.807) is 5.57 Å². The molecule has 2 heteroatoms. The molecule has 0 aromatic carbocycles. The zero-order valence-corrected chi connectivity index (χ0v) is 11.3. The molecule has 2 nitrogen and oxygen atoms in total. The summed E-state index contributed by atoms with van der Waals surface area (Å²) in [5, 5.41) is 10.1. The molecule has 0 saturated carbocycles. The predicted octanol–water partition coefficient (Wildman–Crippen LogP) is 3.67. The second-order valence-corrected chi connectivity index (χ2v) is 5.75. The van der Waals surface area contributed by atoms with E-state index >= 15 is 0 Å². The first-order valence-corrected chi connectivity index (χ1v) is 7.30. The predicted molar refractivity (Wildman–Crippen MR) is 73.6 cm³/mol. The summed E-state index contributed by atoms with van der Waals surface area (Å²) in [4.78, 5) is 0. The Balaban J connectivity index is 1.79. The molecule has 3 rings (SSSR count). The number of aryl methyl sites for hydroxylation is 1. The first kappa shape index (κ1) is 12.0. The van der Waals surface area contributed by atoms with Gasteiger partial charge < -0.3 is 9.67 Å². The van der Waals surface area contributed by atoms with Crippen molar-refractivity contribution in [2.24, 2.45) is 0 Å². The number of aliphatic hydroxyl groups is 1. The van der Waals surface area contributed by atoms with Gasteiger partial charge in [0, 0.05) is 23.5 Å². The zero-order valence-electron chi connectivity index (χ0n) is 11.3. The molecule has 0 bridgehead atoms. The third kappa shape index (κ3) is 2.14. The van der Waals surface area contributed by atoms with E-state index in [4.69, 9.17) is 0 Å². The van der Waals surface area contributed by atoms with Crippen molar-refractivity contribution in [2.75, 3.05) is 0 Å². The highest BCUT2D eigenvalue weighted by atomic mass is 16.3. The summed E-state index contributed by atoms with van der Waals surface area (Å²) in [6, 6.07) is 2.20. The van der Waals surface area contributed by atoms with E-state index in [0.29, 0.717) is 0 Å². The Morgan fingerprint density at radius 3 is 3.00 bits per heavy atom. The Kier molecular flexibility index (Phi) is 3.29. The van der Waals surface area contributed by atoms with Crippen LogP contribution in [-0.4, -0.2) is 9.67 Å². The van der Waals surface area contributed by atoms with E-state index in [-0.39, 0.29) is 6.10 Å². The maximum atomic E-state index is 10.1. The Morgan fingerprint density at radius 1 is 1.33 bits per heavy atom. The molecule has 1 unspecified atom stereocenters. The first-order chi connectivity index (χ1) is 8.75. The van der Waals surface area contributed by atoms with Gasteiger partial charge in [-0.3, -0.25) is 0 Å². The average Bonchev–Trinajstić information content (AvgIpc) is 2.95. The molecule has 2 aliphatic rings. The van der Waals surface area contributed by atoms with Crippen molar-refractivity contribution in [1.82, 2.24) is 4.57 Å². The highest BCUT2D eigenvalue weighted by Crippen LogP contribution is 2.32. The molecule has 98 valence electrons. The number of nitrogens with zero attached hydrogens (tertiary/aromatic N) is 1. The molecular formula is C16H23NO. The molecule has 0 fully saturated rings. The van der Waals surface area contributed by atoms with E-state index in [2.05, 4.69) is 23.6 Å². The minimum atomic E-state index is -0.223. The lowest BCUT2D eigenvalue weighted by molar-refractivity contribution is 0.155. The second-order valence-electron chi connectivity index (χ2n) is 5.75. The normalized spacial score (nSPS) is 23.0. The molecule has 2 aliphatic carbocycles. The van der Waals surface area contributed by atoms with E-state index in [0.717, 1.165) is 25.8 Å². The standard InChI is InChI=1S/C16H23NO/c1-12-11-14-15(7-4-8-16(14)18)17(12)10-9-13-5-2-3-6-13/h5,11,16,18H,2-4,6-10H2,1H3. The van der Waals surface area contributed by atoms with E-state index < -0.39 is 0 Å². The lowest BCUT2D eigenvalue weighted by Gasteiger charge is -2.20. The fourth-order valence-corrected chi connectivity index (χ4v) is 3.47. The van der Waals surface area contributed by atoms with Crippen LogP contribution >= 0.6 is 0 Å². The van der Waals surface area contributed by atoms with Gasteiger partial charge in [0.2, 0.25) is 0 Å². The maximum Gasteiger partial charge on any atom is 0.0807 e. The summed E-state index contributed by atoms with van der Waals surface area (Å²) in [6.07, 6.45) is 10.5. The van der Waals surface area contributed by atoms with Crippen LogP contribution in [0.5, 0.6) is 0 Å². The number of fused-ring (bicyclic) bond motifs is 1. The van der Waals surface area contributed by atoms with Gasteiger partial charge in [-0.05, 0) is 57.9 Å². The van der Waals surface area contributed by atoms with E-state index in [9.17, 15) is 5.11 Å². The van der Waals surface area contributed by atoms with Crippen LogP contribution in [0.4, 0.5) is 0 Å². The van der Waals surface area contributed by atoms with Crippen LogP contribution in [0, 0.1) is 6.92 Å². The lowest BCUT2D eigenvalue weighted by Crippen LogP contribution is -2.13. The molecule has 1 heterocycles. The van der Waals surface area contributed by atoms with Crippen molar-refractivity contribution in [1.29, 1.82) is 0 Å². The molecule has 1 aromatic rings. The van der Waals surface area contributed by atoms with Gasteiger partial charge in [-0.25, -0.2) is 0 Å². The van der Waals surface area contributed by atoms with Gasteiger partial charge in [-0.15, -0.1) is 0 Å². The summed E-state index contributed by atoms with van der Waals surface area (Å²) in [5.41, 5.74) is 5.54. The largest absolute Gasteiger partial charge is 0.388 e. The van der Waals surface area contributed by atoms with E-state index in [1.165, 1.54) is 42.6 Å². The van der Waals surface area contributed by atoms with Crippen molar-refractivity contribution in [3.05, 3.63) is 34.7 Å². The van der Waals surface area contributed by atoms with Crippen molar-refractivity contribution in [3.8, 4) is 0 Å². The monoisotopic (exact) mass is 245 g/mol. The maximum absolute atomic E-state index is 10.1. The molecule has 18 heavy (non-hydrogen) atoms. The third-order valence-electron chi connectivity index (χ3n) is 4.49.